The molecule has 1 aromatic carbocycles. The van der Waals surface area contributed by atoms with Crippen molar-refractivity contribution in [3.8, 4) is 5.75 Å². The number of ether oxygens (including phenoxy) is 1. The van der Waals surface area contributed by atoms with Gasteiger partial charge in [0.05, 0.1) is 7.11 Å². The Morgan fingerprint density at radius 3 is 2.56 bits per heavy atom. The first-order valence-electron chi connectivity index (χ1n) is 9.06. The Kier molecular flexibility index (Phi) is 10.9. The molecular formula is C19H33IN4O. The molecule has 5 nitrogen and oxygen atoms in total. The number of nitrogens with one attached hydrogen (secondary N) is 1. The summed E-state index contributed by atoms with van der Waals surface area (Å²) in [5, 5.41) is 3.20. The third-order valence-corrected chi connectivity index (χ3v) is 4.47. The fourth-order valence-electron chi connectivity index (χ4n) is 3.08. The molecule has 1 saturated heterocycles. The SMILES string of the molecule is COc1ccc(CCNC(N)=NCC(C)CN2CCCCC2)cc1.I. The van der Waals surface area contributed by atoms with E-state index in [1.807, 2.05) is 12.1 Å². The minimum absolute atomic E-state index is 0. The second-order valence-electron chi connectivity index (χ2n) is 6.72. The Morgan fingerprint density at radius 2 is 1.92 bits per heavy atom. The molecule has 25 heavy (non-hydrogen) atoms. The first kappa shape index (κ1) is 22.0. The lowest BCUT2D eigenvalue weighted by Crippen LogP contribution is -2.36. The lowest BCUT2D eigenvalue weighted by molar-refractivity contribution is 0.203. The lowest BCUT2D eigenvalue weighted by Gasteiger charge is -2.28. The van der Waals surface area contributed by atoms with Gasteiger partial charge >= 0.3 is 0 Å². The molecule has 142 valence electrons. The van der Waals surface area contributed by atoms with Crippen LogP contribution in [0.4, 0.5) is 0 Å². The van der Waals surface area contributed by atoms with Crippen LogP contribution in [0, 0.1) is 5.92 Å². The van der Waals surface area contributed by atoms with Crippen LogP contribution < -0.4 is 15.8 Å². The van der Waals surface area contributed by atoms with Crippen molar-refractivity contribution in [1.29, 1.82) is 0 Å². The van der Waals surface area contributed by atoms with Gasteiger partial charge in [-0.25, -0.2) is 0 Å². The van der Waals surface area contributed by atoms with Gasteiger partial charge in [0.25, 0.3) is 0 Å². The number of rotatable bonds is 8. The van der Waals surface area contributed by atoms with Crippen molar-refractivity contribution >= 4 is 29.9 Å². The second-order valence-corrected chi connectivity index (χ2v) is 6.72. The highest BCUT2D eigenvalue weighted by atomic mass is 127. The van der Waals surface area contributed by atoms with E-state index < -0.39 is 0 Å². The number of hydrogen-bond donors (Lipinski definition) is 2. The summed E-state index contributed by atoms with van der Waals surface area (Å²) in [6.45, 7) is 7.44. The molecule has 0 bridgehead atoms. The van der Waals surface area contributed by atoms with Crippen LogP contribution in [-0.2, 0) is 6.42 Å². The van der Waals surface area contributed by atoms with E-state index in [0.717, 1.165) is 31.8 Å². The summed E-state index contributed by atoms with van der Waals surface area (Å²) in [5.74, 6) is 1.98. The van der Waals surface area contributed by atoms with Gasteiger partial charge in [0, 0.05) is 19.6 Å². The third kappa shape index (κ3) is 8.76. The molecule has 0 radical (unpaired) electrons. The fourth-order valence-corrected chi connectivity index (χ4v) is 3.08. The number of benzene rings is 1. The first-order chi connectivity index (χ1) is 11.7. The molecular weight excluding hydrogens is 427 g/mol. The highest BCUT2D eigenvalue weighted by molar-refractivity contribution is 14.0. The van der Waals surface area contributed by atoms with Crippen molar-refractivity contribution < 1.29 is 4.74 Å². The average molecular weight is 460 g/mol. The summed E-state index contributed by atoms with van der Waals surface area (Å²) in [5.41, 5.74) is 7.23. The van der Waals surface area contributed by atoms with E-state index in [4.69, 9.17) is 10.5 Å². The number of hydrogen-bond acceptors (Lipinski definition) is 3. The van der Waals surface area contributed by atoms with E-state index >= 15 is 0 Å². The van der Waals surface area contributed by atoms with Gasteiger partial charge in [-0.1, -0.05) is 25.5 Å². The normalized spacial score (nSPS) is 16.8. The van der Waals surface area contributed by atoms with Crippen molar-refractivity contribution in [2.45, 2.75) is 32.6 Å². The van der Waals surface area contributed by atoms with E-state index in [9.17, 15) is 0 Å². The van der Waals surface area contributed by atoms with Gasteiger partial charge in [0.2, 0.25) is 0 Å². The third-order valence-electron chi connectivity index (χ3n) is 4.47. The van der Waals surface area contributed by atoms with Gasteiger partial charge in [0.15, 0.2) is 5.96 Å². The zero-order chi connectivity index (χ0) is 17.2. The maximum Gasteiger partial charge on any atom is 0.188 e. The Morgan fingerprint density at radius 1 is 1.24 bits per heavy atom. The number of halogens is 1. The second kappa shape index (κ2) is 12.4. The Bertz CT molecular complexity index is 501. The molecule has 0 amide bonds. The van der Waals surface area contributed by atoms with Crippen LogP contribution in [0.15, 0.2) is 29.3 Å². The van der Waals surface area contributed by atoms with Crippen molar-refractivity contribution in [2.24, 2.45) is 16.6 Å². The molecule has 1 aliphatic rings. The Labute approximate surface area is 169 Å². The summed E-state index contributed by atoms with van der Waals surface area (Å²) in [6, 6.07) is 8.12. The molecule has 1 unspecified atom stereocenters. The van der Waals surface area contributed by atoms with Gasteiger partial charge < -0.3 is 20.7 Å². The number of piperidine rings is 1. The van der Waals surface area contributed by atoms with Crippen molar-refractivity contribution in [3.63, 3.8) is 0 Å². The fraction of sp³-hybridized carbons (Fsp3) is 0.632. The van der Waals surface area contributed by atoms with E-state index in [0.29, 0.717) is 11.9 Å². The van der Waals surface area contributed by atoms with Crippen molar-refractivity contribution in [2.75, 3.05) is 39.8 Å². The van der Waals surface area contributed by atoms with Crippen molar-refractivity contribution in [1.82, 2.24) is 10.2 Å². The number of nitrogens with two attached hydrogens (primary N) is 1. The largest absolute Gasteiger partial charge is 0.497 e. The molecule has 0 saturated carbocycles. The van der Waals surface area contributed by atoms with Gasteiger partial charge in [-0.2, -0.15) is 0 Å². The zero-order valence-corrected chi connectivity index (χ0v) is 17.9. The standard InChI is InChI=1S/C19H32N4O.HI/c1-16(15-23-12-4-3-5-13-23)14-22-19(20)21-11-10-17-6-8-18(24-2)9-7-17;/h6-9,16H,3-5,10-15H2,1-2H3,(H3,20,21,22);1H. The predicted octanol–water partition coefficient (Wildman–Crippen LogP) is 2.88. The summed E-state index contributed by atoms with van der Waals surface area (Å²) in [6.07, 6.45) is 4.98. The summed E-state index contributed by atoms with van der Waals surface area (Å²) in [4.78, 5) is 7.04. The number of likely N-dealkylation sites (tertiary alicyclic amines) is 1. The maximum absolute atomic E-state index is 5.97. The minimum atomic E-state index is 0. The summed E-state index contributed by atoms with van der Waals surface area (Å²) >= 11 is 0. The number of aliphatic imine (C=N–C) groups is 1. The van der Waals surface area contributed by atoms with Gasteiger partial charge in [-0.3, -0.25) is 4.99 Å². The minimum Gasteiger partial charge on any atom is -0.497 e. The van der Waals surface area contributed by atoms with E-state index in [1.54, 1.807) is 7.11 Å². The van der Waals surface area contributed by atoms with Gasteiger partial charge in [0.1, 0.15) is 5.75 Å². The molecule has 0 spiro atoms. The maximum atomic E-state index is 5.97. The van der Waals surface area contributed by atoms with Crippen LogP contribution in [0.25, 0.3) is 0 Å². The highest BCUT2D eigenvalue weighted by Gasteiger charge is 2.13. The molecule has 3 N–H and O–H groups in total. The topological polar surface area (TPSA) is 62.9 Å². The van der Waals surface area contributed by atoms with Gasteiger partial charge in [-0.15, -0.1) is 24.0 Å². The molecule has 1 aliphatic heterocycles. The monoisotopic (exact) mass is 460 g/mol. The van der Waals surface area contributed by atoms with Crippen LogP contribution in [-0.4, -0.2) is 50.7 Å². The first-order valence-corrected chi connectivity index (χ1v) is 9.06. The predicted molar refractivity (Wildman–Crippen MR) is 116 cm³/mol. The number of methoxy groups -OCH3 is 1. The molecule has 6 heteroatoms. The van der Waals surface area contributed by atoms with E-state index in [2.05, 4.69) is 34.3 Å². The van der Waals surface area contributed by atoms with Crippen LogP contribution >= 0.6 is 24.0 Å². The molecule has 0 aliphatic carbocycles. The van der Waals surface area contributed by atoms with E-state index in [1.165, 1.54) is 37.9 Å². The Balaban J connectivity index is 0.00000312. The smallest absolute Gasteiger partial charge is 0.188 e. The summed E-state index contributed by atoms with van der Waals surface area (Å²) in [7, 11) is 1.68. The number of guanidine groups is 1. The lowest BCUT2D eigenvalue weighted by atomic mass is 10.1. The quantitative estimate of drug-likeness (QED) is 0.356. The van der Waals surface area contributed by atoms with Crippen molar-refractivity contribution in [3.05, 3.63) is 29.8 Å². The molecule has 1 fully saturated rings. The molecule has 2 rings (SSSR count). The summed E-state index contributed by atoms with van der Waals surface area (Å²) < 4.78 is 5.16. The molecule has 1 atom stereocenters. The number of nitrogens with zero attached hydrogens (tertiary/aromatic N) is 2. The average Bonchev–Trinajstić information content (AvgIpc) is 2.61. The molecule has 1 heterocycles. The molecule has 1 aromatic rings. The Hall–Kier alpha value is -1.02. The van der Waals surface area contributed by atoms with Crippen LogP contribution in [0.1, 0.15) is 31.7 Å². The van der Waals surface area contributed by atoms with Gasteiger partial charge in [-0.05, 0) is 56.0 Å². The van der Waals surface area contributed by atoms with Crippen LogP contribution in [0.2, 0.25) is 0 Å². The zero-order valence-electron chi connectivity index (χ0n) is 15.5. The van der Waals surface area contributed by atoms with Crippen LogP contribution in [0.5, 0.6) is 5.75 Å². The highest BCUT2D eigenvalue weighted by Crippen LogP contribution is 2.12. The van der Waals surface area contributed by atoms with Crippen LogP contribution in [0.3, 0.4) is 0 Å². The van der Waals surface area contributed by atoms with E-state index in [-0.39, 0.29) is 24.0 Å². The molecule has 0 aromatic heterocycles.